The first-order valence-corrected chi connectivity index (χ1v) is 8.70. The van der Waals surface area contributed by atoms with E-state index in [-0.39, 0.29) is 5.91 Å². The Hall–Kier alpha value is -2.89. The predicted molar refractivity (Wildman–Crippen MR) is 104 cm³/mol. The Kier molecular flexibility index (Phi) is 6.93. The second-order valence-electron chi connectivity index (χ2n) is 6.26. The fraction of sp³-hybridized carbons (Fsp3) is 0.381. The number of hydrogen-bond donors (Lipinski definition) is 1. The van der Waals surface area contributed by atoms with Crippen LogP contribution in [-0.2, 0) is 11.3 Å². The molecule has 6 heteroatoms. The summed E-state index contributed by atoms with van der Waals surface area (Å²) in [6, 6.07) is 9.38. The fourth-order valence-electron chi connectivity index (χ4n) is 2.62. The Morgan fingerprint density at radius 2 is 1.59 bits per heavy atom. The highest BCUT2D eigenvalue weighted by atomic mass is 16.5. The van der Waals surface area contributed by atoms with Gasteiger partial charge in [-0.15, -0.1) is 0 Å². The van der Waals surface area contributed by atoms with Crippen LogP contribution in [0, 0.1) is 13.8 Å². The van der Waals surface area contributed by atoms with E-state index < -0.39 is 6.10 Å². The Labute approximate surface area is 160 Å². The largest absolute Gasteiger partial charge is 0.493 e. The molecule has 0 radical (unpaired) electrons. The second kappa shape index (κ2) is 9.16. The van der Waals surface area contributed by atoms with Gasteiger partial charge in [-0.25, -0.2) is 0 Å². The zero-order chi connectivity index (χ0) is 20.0. The first kappa shape index (κ1) is 20.4. The fourth-order valence-corrected chi connectivity index (χ4v) is 2.62. The van der Waals surface area contributed by atoms with Gasteiger partial charge in [0.25, 0.3) is 5.91 Å². The molecule has 27 heavy (non-hydrogen) atoms. The van der Waals surface area contributed by atoms with Crippen molar-refractivity contribution in [1.29, 1.82) is 0 Å². The van der Waals surface area contributed by atoms with Crippen molar-refractivity contribution in [1.82, 2.24) is 5.32 Å². The van der Waals surface area contributed by atoms with Crippen molar-refractivity contribution in [2.75, 3.05) is 21.3 Å². The monoisotopic (exact) mass is 373 g/mol. The number of hydrogen-bond acceptors (Lipinski definition) is 5. The summed E-state index contributed by atoms with van der Waals surface area (Å²) in [6.45, 7) is 6.08. The average molecular weight is 373 g/mol. The molecule has 0 heterocycles. The molecule has 1 amide bonds. The lowest BCUT2D eigenvalue weighted by Gasteiger charge is -2.17. The molecule has 0 aliphatic carbocycles. The number of benzene rings is 2. The zero-order valence-electron chi connectivity index (χ0n) is 16.7. The number of aryl methyl sites for hydroxylation is 2. The van der Waals surface area contributed by atoms with E-state index in [0.29, 0.717) is 29.5 Å². The highest BCUT2D eigenvalue weighted by Gasteiger charge is 2.17. The van der Waals surface area contributed by atoms with Crippen molar-refractivity contribution >= 4 is 5.91 Å². The van der Waals surface area contributed by atoms with E-state index in [0.717, 1.165) is 11.1 Å². The van der Waals surface area contributed by atoms with Gasteiger partial charge in [0.2, 0.25) is 5.75 Å². The lowest BCUT2D eigenvalue weighted by molar-refractivity contribution is -0.127. The lowest BCUT2D eigenvalue weighted by Crippen LogP contribution is -2.35. The molecule has 0 fully saturated rings. The molecule has 6 nitrogen and oxygen atoms in total. The van der Waals surface area contributed by atoms with E-state index in [1.807, 2.05) is 32.0 Å². The maximum Gasteiger partial charge on any atom is 0.261 e. The van der Waals surface area contributed by atoms with E-state index >= 15 is 0 Å². The molecule has 0 aliphatic rings. The second-order valence-corrected chi connectivity index (χ2v) is 6.26. The van der Waals surface area contributed by atoms with E-state index in [1.54, 1.807) is 40.4 Å². The van der Waals surface area contributed by atoms with Gasteiger partial charge in [0.1, 0.15) is 5.75 Å². The van der Waals surface area contributed by atoms with E-state index in [4.69, 9.17) is 18.9 Å². The molecule has 0 aliphatic heterocycles. The number of ether oxygens (including phenoxy) is 4. The molecule has 1 unspecified atom stereocenters. The van der Waals surface area contributed by atoms with Crippen molar-refractivity contribution in [3.63, 3.8) is 0 Å². The van der Waals surface area contributed by atoms with Crippen LogP contribution in [-0.4, -0.2) is 33.3 Å². The summed E-state index contributed by atoms with van der Waals surface area (Å²) in [5.74, 6) is 2.07. The van der Waals surface area contributed by atoms with Crippen LogP contribution in [0.2, 0.25) is 0 Å². The summed E-state index contributed by atoms with van der Waals surface area (Å²) in [6.07, 6.45) is -0.617. The number of carbonyl (C=O) groups excluding carboxylic acids is 1. The Morgan fingerprint density at radius 3 is 2.11 bits per heavy atom. The van der Waals surface area contributed by atoms with Crippen LogP contribution < -0.4 is 24.3 Å². The van der Waals surface area contributed by atoms with Crippen LogP contribution in [0.3, 0.4) is 0 Å². The highest BCUT2D eigenvalue weighted by Crippen LogP contribution is 2.38. The van der Waals surface area contributed by atoms with Crippen LogP contribution in [0.15, 0.2) is 30.3 Å². The van der Waals surface area contributed by atoms with Gasteiger partial charge in [0, 0.05) is 6.54 Å². The van der Waals surface area contributed by atoms with Gasteiger partial charge in [-0.3, -0.25) is 4.79 Å². The van der Waals surface area contributed by atoms with Gasteiger partial charge in [-0.1, -0.05) is 6.07 Å². The van der Waals surface area contributed by atoms with Gasteiger partial charge in [0.05, 0.1) is 21.3 Å². The third-order valence-corrected chi connectivity index (χ3v) is 4.35. The van der Waals surface area contributed by atoms with Crippen LogP contribution in [0.25, 0.3) is 0 Å². The van der Waals surface area contributed by atoms with Crippen molar-refractivity contribution in [3.8, 4) is 23.0 Å². The molecule has 2 aromatic carbocycles. The zero-order valence-corrected chi connectivity index (χ0v) is 16.7. The standard InChI is InChI=1S/C21H27NO5/c1-13-7-8-17(9-14(13)2)27-15(3)21(23)22-12-16-10-18(24-4)20(26-6)19(11-16)25-5/h7-11,15H,12H2,1-6H3,(H,22,23). The van der Waals surface area contributed by atoms with Crippen LogP contribution in [0.5, 0.6) is 23.0 Å². The first-order chi connectivity index (χ1) is 12.9. The van der Waals surface area contributed by atoms with Crippen LogP contribution >= 0.6 is 0 Å². The summed E-state index contributed by atoms with van der Waals surface area (Å²) < 4.78 is 21.7. The van der Waals surface area contributed by atoms with Gasteiger partial charge in [-0.05, 0) is 61.7 Å². The van der Waals surface area contributed by atoms with E-state index in [9.17, 15) is 4.79 Å². The molecule has 146 valence electrons. The summed E-state index contributed by atoms with van der Waals surface area (Å²) >= 11 is 0. The minimum Gasteiger partial charge on any atom is -0.493 e. The molecule has 1 atom stereocenters. The van der Waals surface area contributed by atoms with Crippen LogP contribution in [0.4, 0.5) is 0 Å². The number of methoxy groups -OCH3 is 3. The molecular formula is C21H27NO5. The molecule has 0 aromatic heterocycles. The van der Waals surface area contributed by atoms with Gasteiger partial charge in [-0.2, -0.15) is 0 Å². The number of amides is 1. The number of nitrogens with one attached hydrogen (secondary N) is 1. The first-order valence-electron chi connectivity index (χ1n) is 8.70. The van der Waals surface area contributed by atoms with Crippen molar-refractivity contribution < 1.29 is 23.7 Å². The normalized spacial score (nSPS) is 11.5. The third kappa shape index (κ3) is 5.06. The molecule has 2 rings (SSSR count). The van der Waals surface area contributed by atoms with Gasteiger partial charge >= 0.3 is 0 Å². The average Bonchev–Trinajstić information content (AvgIpc) is 2.67. The minimum absolute atomic E-state index is 0.207. The van der Waals surface area contributed by atoms with Crippen molar-refractivity contribution in [2.24, 2.45) is 0 Å². The Morgan fingerprint density at radius 1 is 0.963 bits per heavy atom. The number of rotatable bonds is 8. The molecule has 0 saturated heterocycles. The summed E-state index contributed by atoms with van der Waals surface area (Å²) in [5.41, 5.74) is 3.13. The molecule has 2 aromatic rings. The van der Waals surface area contributed by atoms with Gasteiger partial charge < -0.3 is 24.3 Å². The van der Waals surface area contributed by atoms with Crippen molar-refractivity contribution in [3.05, 3.63) is 47.0 Å². The summed E-state index contributed by atoms with van der Waals surface area (Å²) in [4.78, 5) is 12.4. The Bertz CT molecular complexity index is 778. The third-order valence-electron chi connectivity index (χ3n) is 4.35. The summed E-state index contributed by atoms with van der Waals surface area (Å²) in [7, 11) is 4.66. The van der Waals surface area contributed by atoms with E-state index in [1.165, 1.54) is 5.56 Å². The lowest BCUT2D eigenvalue weighted by atomic mass is 10.1. The molecule has 0 bridgehead atoms. The maximum atomic E-state index is 12.4. The number of carbonyl (C=O) groups is 1. The molecular weight excluding hydrogens is 346 g/mol. The molecule has 0 spiro atoms. The SMILES string of the molecule is COc1cc(CNC(=O)C(C)Oc2ccc(C)c(C)c2)cc(OC)c1OC. The smallest absolute Gasteiger partial charge is 0.261 e. The topological polar surface area (TPSA) is 66.0 Å². The van der Waals surface area contributed by atoms with Crippen molar-refractivity contribution in [2.45, 2.75) is 33.4 Å². The molecule has 0 saturated carbocycles. The maximum absolute atomic E-state index is 12.4. The highest BCUT2D eigenvalue weighted by molar-refractivity contribution is 5.80. The van der Waals surface area contributed by atoms with Gasteiger partial charge in [0.15, 0.2) is 17.6 Å². The summed E-state index contributed by atoms with van der Waals surface area (Å²) in [5, 5.41) is 2.87. The predicted octanol–water partition coefficient (Wildman–Crippen LogP) is 3.41. The minimum atomic E-state index is -0.617. The quantitative estimate of drug-likeness (QED) is 0.768. The molecule has 1 N–H and O–H groups in total. The van der Waals surface area contributed by atoms with E-state index in [2.05, 4.69) is 5.32 Å². The Balaban J connectivity index is 2.02. The van der Waals surface area contributed by atoms with Crippen LogP contribution in [0.1, 0.15) is 23.6 Å².